The Hall–Kier alpha value is -2.97. The van der Waals surface area contributed by atoms with Crippen LogP contribution in [-0.2, 0) is 11.8 Å². The van der Waals surface area contributed by atoms with Gasteiger partial charge in [0.2, 0.25) is 11.8 Å². The molecule has 0 radical (unpaired) electrons. The van der Waals surface area contributed by atoms with Crippen LogP contribution in [0.3, 0.4) is 0 Å². The van der Waals surface area contributed by atoms with E-state index in [0.29, 0.717) is 6.07 Å². The highest BCUT2D eigenvalue weighted by atomic mass is 19.1. The molecular weight excluding hydrogens is 322 g/mol. The van der Waals surface area contributed by atoms with Crippen molar-refractivity contribution in [1.29, 1.82) is 0 Å². The number of nitrogens with one attached hydrogen (secondary N) is 1. The van der Waals surface area contributed by atoms with Gasteiger partial charge in [-0.3, -0.25) is 14.3 Å². The summed E-state index contributed by atoms with van der Waals surface area (Å²) in [5.41, 5.74) is 0.0319. The van der Waals surface area contributed by atoms with Crippen molar-refractivity contribution in [2.45, 2.75) is 0 Å². The van der Waals surface area contributed by atoms with E-state index in [1.165, 1.54) is 25.0 Å². The first-order chi connectivity index (χ1) is 11.3. The van der Waals surface area contributed by atoms with Crippen molar-refractivity contribution in [3.05, 3.63) is 41.6 Å². The van der Waals surface area contributed by atoms with Gasteiger partial charge in [0.1, 0.15) is 17.2 Å². The average molecular weight is 338 g/mol. The minimum atomic E-state index is -0.897. The molecule has 0 unspecified atom stereocenters. The first kappa shape index (κ1) is 17.4. The molecule has 0 aliphatic carbocycles. The van der Waals surface area contributed by atoms with Gasteiger partial charge in [-0.1, -0.05) is 0 Å². The molecule has 128 valence electrons. The third-order valence-electron chi connectivity index (χ3n) is 3.15. The van der Waals surface area contributed by atoms with Crippen molar-refractivity contribution < 1.29 is 23.1 Å². The quantitative estimate of drug-likeness (QED) is 0.894. The number of aromatic nitrogens is 2. The van der Waals surface area contributed by atoms with E-state index in [-0.39, 0.29) is 23.7 Å². The maximum atomic E-state index is 13.5. The number of likely N-dealkylation sites (N-methyl/N-ethyl adjacent to an activating group) is 1. The topological polar surface area (TPSA) is 76.5 Å². The number of carbonyl (C=O) groups is 2. The minimum Gasteiger partial charge on any atom is -0.479 e. The molecule has 0 atom stereocenters. The predicted octanol–water partition coefficient (Wildman–Crippen LogP) is 1.42. The second-order valence-corrected chi connectivity index (χ2v) is 5.06. The summed E-state index contributed by atoms with van der Waals surface area (Å²) < 4.78 is 32.8. The van der Waals surface area contributed by atoms with Crippen molar-refractivity contribution in [2.24, 2.45) is 7.05 Å². The molecule has 0 aliphatic heterocycles. The predicted molar refractivity (Wildman–Crippen MR) is 81.7 cm³/mol. The fraction of sp³-hybridized carbons (Fsp3) is 0.267. The number of rotatable bonds is 5. The standard InChI is InChI=1S/C15H16F2N4O3/c1-20(15(23)10-7-21(2)19-14(10)24-3)8-13(22)18-12-5-4-9(16)6-11(12)17/h4-7H,8H2,1-3H3,(H,18,22). The molecule has 0 bridgehead atoms. The van der Waals surface area contributed by atoms with Gasteiger partial charge in [-0.15, -0.1) is 5.10 Å². The molecule has 0 saturated heterocycles. The molecule has 7 nitrogen and oxygen atoms in total. The van der Waals surface area contributed by atoms with E-state index in [1.54, 1.807) is 7.05 Å². The highest BCUT2D eigenvalue weighted by molar-refractivity contribution is 6.00. The summed E-state index contributed by atoms with van der Waals surface area (Å²) >= 11 is 0. The Morgan fingerprint density at radius 2 is 2.08 bits per heavy atom. The smallest absolute Gasteiger partial charge is 0.261 e. The number of benzene rings is 1. The van der Waals surface area contributed by atoms with E-state index >= 15 is 0 Å². The molecule has 0 saturated carbocycles. The van der Waals surface area contributed by atoms with E-state index in [2.05, 4.69) is 10.4 Å². The minimum absolute atomic E-state index is 0.138. The molecule has 1 heterocycles. The van der Waals surface area contributed by atoms with Gasteiger partial charge in [0.25, 0.3) is 5.91 Å². The summed E-state index contributed by atoms with van der Waals surface area (Å²) in [7, 11) is 4.42. The number of hydrogen-bond donors (Lipinski definition) is 1. The second-order valence-electron chi connectivity index (χ2n) is 5.06. The molecular formula is C15H16F2N4O3. The van der Waals surface area contributed by atoms with E-state index in [0.717, 1.165) is 17.0 Å². The van der Waals surface area contributed by atoms with Crippen LogP contribution in [0.5, 0.6) is 5.88 Å². The third-order valence-corrected chi connectivity index (χ3v) is 3.15. The number of aryl methyl sites for hydroxylation is 1. The maximum absolute atomic E-state index is 13.5. The van der Waals surface area contributed by atoms with E-state index in [9.17, 15) is 18.4 Å². The molecule has 24 heavy (non-hydrogen) atoms. The summed E-state index contributed by atoms with van der Waals surface area (Å²) in [6, 6.07) is 2.79. The lowest BCUT2D eigenvalue weighted by Crippen LogP contribution is -2.35. The molecule has 1 aromatic carbocycles. The number of anilines is 1. The van der Waals surface area contributed by atoms with Crippen LogP contribution >= 0.6 is 0 Å². The Labute approximate surface area is 136 Å². The Kier molecular flexibility index (Phi) is 5.12. The monoisotopic (exact) mass is 338 g/mol. The summed E-state index contributed by atoms with van der Waals surface area (Å²) in [4.78, 5) is 25.4. The van der Waals surface area contributed by atoms with Crippen molar-refractivity contribution in [3.63, 3.8) is 0 Å². The molecule has 0 fully saturated rings. The van der Waals surface area contributed by atoms with Gasteiger partial charge >= 0.3 is 0 Å². The van der Waals surface area contributed by atoms with E-state index in [1.807, 2.05) is 0 Å². The first-order valence-corrected chi connectivity index (χ1v) is 6.89. The van der Waals surface area contributed by atoms with Crippen LogP contribution in [0.4, 0.5) is 14.5 Å². The van der Waals surface area contributed by atoms with Crippen LogP contribution in [0.25, 0.3) is 0 Å². The maximum Gasteiger partial charge on any atom is 0.261 e. The highest BCUT2D eigenvalue weighted by Gasteiger charge is 2.22. The zero-order valence-electron chi connectivity index (χ0n) is 13.3. The molecule has 1 N–H and O–H groups in total. The fourth-order valence-electron chi connectivity index (χ4n) is 2.04. The first-order valence-electron chi connectivity index (χ1n) is 6.89. The molecule has 2 amide bonds. The largest absolute Gasteiger partial charge is 0.479 e. The SMILES string of the molecule is COc1nn(C)cc1C(=O)N(C)CC(=O)Nc1ccc(F)cc1F. The summed E-state index contributed by atoms with van der Waals surface area (Å²) in [5, 5.41) is 6.24. The van der Waals surface area contributed by atoms with Gasteiger partial charge < -0.3 is 15.0 Å². The zero-order chi connectivity index (χ0) is 17.9. The normalized spacial score (nSPS) is 10.4. The van der Waals surface area contributed by atoms with Gasteiger partial charge in [0.05, 0.1) is 19.3 Å². The van der Waals surface area contributed by atoms with Crippen molar-refractivity contribution in [3.8, 4) is 5.88 Å². The second kappa shape index (κ2) is 7.07. The molecule has 1 aromatic heterocycles. The number of hydrogen-bond acceptors (Lipinski definition) is 4. The Morgan fingerprint density at radius 3 is 2.71 bits per heavy atom. The lowest BCUT2D eigenvalue weighted by Gasteiger charge is -2.16. The Bertz CT molecular complexity index is 776. The van der Waals surface area contributed by atoms with E-state index in [4.69, 9.17) is 4.74 Å². The Morgan fingerprint density at radius 1 is 1.38 bits per heavy atom. The van der Waals surface area contributed by atoms with Crippen molar-refractivity contribution in [1.82, 2.24) is 14.7 Å². The summed E-state index contributed by atoms with van der Waals surface area (Å²) in [6.45, 7) is -0.326. The molecule has 0 spiro atoms. The van der Waals surface area contributed by atoms with Crippen LogP contribution in [-0.4, -0.2) is 47.2 Å². The lowest BCUT2D eigenvalue weighted by atomic mass is 10.2. The number of amides is 2. The van der Waals surface area contributed by atoms with Crippen LogP contribution in [0, 0.1) is 11.6 Å². The number of halogens is 2. The van der Waals surface area contributed by atoms with Crippen molar-refractivity contribution in [2.75, 3.05) is 26.0 Å². The van der Waals surface area contributed by atoms with Gasteiger partial charge in [0, 0.05) is 26.4 Å². The Balaban J connectivity index is 2.04. The number of methoxy groups -OCH3 is 1. The van der Waals surface area contributed by atoms with Crippen molar-refractivity contribution >= 4 is 17.5 Å². The highest BCUT2D eigenvalue weighted by Crippen LogP contribution is 2.17. The number of carbonyl (C=O) groups excluding carboxylic acids is 2. The molecule has 9 heteroatoms. The van der Waals surface area contributed by atoms with Crippen LogP contribution in [0.2, 0.25) is 0 Å². The summed E-state index contributed by atoms with van der Waals surface area (Å²) in [6.07, 6.45) is 1.47. The molecule has 0 aliphatic rings. The molecule has 2 rings (SSSR count). The van der Waals surface area contributed by atoms with Crippen LogP contribution in [0.15, 0.2) is 24.4 Å². The van der Waals surface area contributed by atoms with Gasteiger partial charge in [-0.2, -0.15) is 0 Å². The lowest BCUT2D eigenvalue weighted by molar-refractivity contribution is -0.116. The summed E-state index contributed by atoms with van der Waals surface area (Å²) in [5.74, 6) is -2.61. The van der Waals surface area contributed by atoms with E-state index < -0.39 is 23.4 Å². The number of nitrogens with zero attached hydrogens (tertiary/aromatic N) is 3. The zero-order valence-corrected chi connectivity index (χ0v) is 13.3. The average Bonchev–Trinajstić information content (AvgIpc) is 2.90. The van der Waals surface area contributed by atoms with Crippen LogP contribution in [0.1, 0.15) is 10.4 Å². The van der Waals surface area contributed by atoms with Gasteiger partial charge in [-0.25, -0.2) is 8.78 Å². The molecule has 2 aromatic rings. The van der Waals surface area contributed by atoms with Gasteiger partial charge in [0.15, 0.2) is 0 Å². The number of ether oxygens (including phenoxy) is 1. The van der Waals surface area contributed by atoms with Gasteiger partial charge in [-0.05, 0) is 12.1 Å². The third kappa shape index (κ3) is 3.86. The fourth-order valence-corrected chi connectivity index (χ4v) is 2.04. The van der Waals surface area contributed by atoms with Crippen LogP contribution < -0.4 is 10.1 Å².